The lowest BCUT2D eigenvalue weighted by atomic mass is 9.97. The van der Waals surface area contributed by atoms with Gasteiger partial charge in [0.25, 0.3) is 5.56 Å². The van der Waals surface area contributed by atoms with Crippen molar-refractivity contribution in [2.24, 2.45) is 5.73 Å². The van der Waals surface area contributed by atoms with Gasteiger partial charge in [-0.15, -0.1) is 17.9 Å². The van der Waals surface area contributed by atoms with Gasteiger partial charge in [0, 0.05) is 11.4 Å². The van der Waals surface area contributed by atoms with E-state index in [2.05, 4.69) is 16.9 Å². The van der Waals surface area contributed by atoms with E-state index in [1.165, 1.54) is 16.6 Å². The van der Waals surface area contributed by atoms with Crippen LogP contribution < -0.4 is 16.6 Å². The number of carbonyl (C=O) groups excluding carboxylic acids is 2. The van der Waals surface area contributed by atoms with Crippen LogP contribution in [-0.2, 0) is 29.0 Å². The van der Waals surface area contributed by atoms with Gasteiger partial charge in [0.1, 0.15) is 4.83 Å². The minimum Gasteiger partial charge on any atom is -0.368 e. The van der Waals surface area contributed by atoms with Gasteiger partial charge in [-0.2, -0.15) is 0 Å². The monoisotopic (exact) mass is 392 g/mol. The number of fused-ring (bicyclic) bond motifs is 3. The number of hydrogen-bond donors (Lipinski definition) is 2. The average Bonchev–Trinajstić information content (AvgIpc) is 2.99. The SMILES string of the molecule is C=CCn1c(SCC(=O)NCC(N)=O)nc2sc3c(c2c1=O)CCCC3. The highest BCUT2D eigenvalue weighted by Crippen LogP contribution is 2.34. The van der Waals surface area contributed by atoms with E-state index in [1.54, 1.807) is 22.0 Å². The van der Waals surface area contributed by atoms with Gasteiger partial charge in [-0.1, -0.05) is 17.8 Å². The van der Waals surface area contributed by atoms with Crippen molar-refractivity contribution in [3.05, 3.63) is 33.4 Å². The molecule has 0 spiro atoms. The molecule has 7 nitrogen and oxygen atoms in total. The highest BCUT2D eigenvalue weighted by Gasteiger charge is 2.22. The zero-order chi connectivity index (χ0) is 18.7. The van der Waals surface area contributed by atoms with Gasteiger partial charge in [0.05, 0.1) is 17.7 Å². The second-order valence-corrected chi connectivity index (χ2v) is 8.05. The number of amides is 2. The van der Waals surface area contributed by atoms with Crippen LogP contribution in [0.25, 0.3) is 10.2 Å². The third-order valence-corrected chi connectivity index (χ3v) is 6.31. The first-order valence-corrected chi connectivity index (χ1v) is 10.1. The second-order valence-electron chi connectivity index (χ2n) is 6.02. The molecule has 0 saturated carbocycles. The quantitative estimate of drug-likeness (QED) is 0.418. The molecule has 26 heavy (non-hydrogen) atoms. The van der Waals surface area contributed by atoms with Gasteiger partial charge < -0.3 is 11.1 Å². The van der Waals surface area contributed by atoms with Crippen molar-refractivity contribution in [2.45, 2.75) is 37.4 Å². The number of aromatic nitrogens is 2. The molecule has 0 saturated heterocycles. The predicted molar refractivity (Wildman–Crippen MR) is 104 cm³/mol. The number of hydrogen-bond acceptors (Lipinski definition) is 6. The normalized spacial score (nSPS) is 13.4. The Bertz CT molecular complexity index is 932. The van der Waals surface area contributed by atoms with Crippen molar-refractivity contribution in [1.29, 1.82) is 0 Å². The van der Waals surface area contributed by atoms with E-state index in [9.17, 15) is 14.4 Å². The summed E-state index contributed by atoms with van der Waals surface area (Å²) in [5.41, 5.74) is 6.08. The zero-order valence-corrected chi connectivity index (χ0v) is 15.9. The van der Waals surface area contributed by atoms with Gasteiger partial charge in [-0.25, -0.2) is 4.98 Å². The van der Waals surface area contributed by atoms with E-state index in [0.29, 0.717) is 17.1 Å². The molecule has 0 unspecified atom stereocenters. The number of nitrogens with one attached hydrogen (secondary N) is 1. The molecule has 2 amide bonds. The van der Waals surface area contributed by atoms with Crippen LogP contribution in [0.4, 0.5) is 0 Å². The molecular weight excluding hydrogens is 372 g/mol. The molecule has 0 bridgehead atoms. The smallest absolute Gasteiger partial charge is 0.263 e. The van der Waals surface area contributed by atoms with E-state index in [-0.39, 0.29) is 23.8 Å². The number of nitrogens with zero attached hydrogens (tertiary/aromatic N) is 2. The maximum atomic E-state index is 13.0. The molecular formula is C17H20N4O3S2. The first-order valence-electron chi connectivity index (χ1n) is 8.35. The molecule has 0 aliphatic heterocycles. The molecule has 2 aromatic heterocycles. The van der Waals surface area contributed by atoms with Gasteiger partial charge in [-0.05, 0) is 31.2 Å². The first kappa shape index (κ1) is 18.7. The fourth-order valence-electron chi connectivity index (χ4n) is 2.99. The van der Waals surface area contributed by atoms with E-state index < -0.39 is 5.91 Å². The van der Waals surface area contributed by atoms with Crippen LogP contribution in [0, 0.1) is 0 Å². The lowest BCUT2D eigenvalue weighted by Gasteiger charge is -2.12. The third kappa shape index (κ3) is 3.83. The fourth-order valence-corrected chi connectivity index (χ4v) is 5.13. The molecule has 0 atom stereocenters. The number of nitrogens with two attached hydrogens (primary N) is 1. The number of aryl methyl sites for hydroxylation is 2. The number of primary amides is 1. The molecule has 1 aliphatic carbocycles. The van der Waals surface area contributed by atoms with E-state index in [0.717, 1.165) is 36.1 Å². The Labute approximate surface area is 158 Å². The van der Waals surface area contributed by atoms with Crippen LogP contribution in [0.5, 0.6) is 0 Å². The highest BCUT2D eigenvalue weighted by atomic mass is 32.2. The fraction of sp³-hybridized carbons (Fsp3) is 0.412. The van der Waals surface area contributed by atoms with Crippen LogP contribution in [0.15, 0.2) is 22.6 Å². The van der Waals surface area contributed by atoms with Gasteiger partial charge in [-0.3, -0.25) is 19.0 Å². The average molecular weight is 393 g/mol. The summed E-state index contributed by atoms with van der Waals surface area (Å²) >= 11 is 2.75. The lowest BCUT2D eigenvalue weighted by molar-refractivity contribution is -0.123. The molecule has 9 heteroatoms. The summed E-state index contributed by atoms with van der Waals surface area (Å²) in [6.45, 7) is 3.84. The molecule has 2 heterocycles. The van der Waals surface area contributed by atoms with E-state index >= 15 is 0 Å². The van der Waals surface area contributed by atoms with Crippen LogP contribution in [0.2, 0.25) is 0 Å². The van der Waals surface area contributed by atoms with Gasteiger partial charge in [0.2, 0.25) is 11.8 Å². The minimum absolute atomic E-state index is 0.0491. The minimum atomic E-state index is -0.601. The predicted octanol–water partition coefficient (Wildman–Crippen LogP) is 1.22. The summed E-state index contributed by atoms with van der Waals surface area (Å²) in [6.07, 6.45) is 5.79. The van der Waals surface area contributed by atoms with Crippen molar-refractivity contribution < 1.29 is 9.59 Å². The molecule has 0 aromatic carbocycles. The Morgan fingerprint density at radius 3 is 2.88 bits per heavy atom. The topological polar surface area (TPSA) is 107 Å². The van der Waals surface area contributed by atoms with Crippen LogP contribution in [0.3, 0.4) is 0 Å². The van der Waals surface area contributed by atoms with E-state index in [1.807, 2.05) is 0 Å². The van der Waals surface area contributed by atoms with E-state index in [4.69, 9.17) is 5.73 Å². The lowest BCUT2D eigenvalue weighted by Crippen LogP contribution is -2.34. The Balaban J connectivity index is 1.92. The maximum absolute atomic E-state index is 13.0. The number of thiophene rings is 1. The Morgan fingerprint density at radius 1 is 1.38 bits per heavy atom. The van der Waals surface area contributed by atoms with Crippen molar-refractivity contribution in [3.63, 3.8) is 0 Å². The number of thioether (sulfide) groups is 1. The van der Waals surface area contributed by atoms with Crippen LogP contribution >= 0.6 is 23.1 Å². The largest absolute Gasteiger partial charge is 0.368 e. The summed E-state index contributed by atoms with van der Waals surface area (Å²) in [6, 6.07) is 0. The summed E-state index contributed by atoms with van der Waals surface area (Å²) in [5, 5.41) is 3.63. The number of allylic oxidation sites excluding steroid dienone is 1. The summed E-state index contributed by atoms with van der Waals surface area (Å²) in [7, 11) is 0. The van der Waals surface area contributed by atoms with Crippen molar-refractivity contribution in [1.82, 2.24) is 14.9 Å². The van der Waals surface area contributed by atoms with Gasteiger partial charge in [0.15, 0.2) is 5.16 Å². The summed E-state index contributed by atoms with van der Waals surface area (Å²) in [4.78, 5) is 42.2. The van der Waals surface area contributed by atoms with Crippen molar-refractivity contribution in [2.75, 3.05) is 12.3 Å². The maximum Gasteiger partial charge on any atom is 0.263 e. The highest BCUT2D eigenvalue weighted by molar-refractivity contribution is 7.99. The molecule has 2 aromatic rings. The number of carbonyl (C=O) groups is 2. The summed E-state index contributed by atoms with van der Waals surface area (Å²) in [5.74, 6) is -0.887. The molecule has 0 radical (unpaired) electrons. The van der Waals surface area contributed by atoms with Crippen molar-refractivity contribution >= 4 is 45.1 Å². The Hall–Kier alpha value is -2.13. The standard InChI is InChI=1S/C17H20N4O3S2/c1-2-7-21-16(24)14-10-5-3-4-6-11(10)26-15(14)20-17(21)25-9-13(23)19-8-12(18)22/h2H,1,3-9H2,(H2,18,22)(H,19,23). The Kier molecular flexibility index (Phi) is 5.77. The summed E-state index contributed by atoms with van der Waals surface area (Å²) < 4.78 is 1.56. The van der Waals surface area contributed by atoms with Crippen LogP contribution in [0.1, 0.15) is 23.3 Å². The molecule has 1 aliphatic rings. The van der Waals surface area contributed by atoms with Gasteiger partial charge >= 0.3 is 0 Å². The molecule has 138 valence electrons. The molecule has 3 N–H and O–H groups in total. The van der Waals surface area contributed by atoms with Crippen LogP contribution in [-0.4, -0.2) is 33.7 Å². The Morgan fingerprint density at radius 2 is 2.15 bits per heavy atom. The second kappa shape index (κ2) is 8.05. The molecule has 3 rings (SSSR count). The molecule has 0 fully saturated rings. The zero-order valence-electron chi connectivity index (χ0n) is 14.2. The number of rotatable bonds is 7. The van der Waals surface area contributed by atoms with Crippen molar-refractivity contribution in [3.8, 4) is 0 Å². The first-order chi connectivity index (χ1) is 12.5. The third-order valence-electron chi connectivity index (χ3n) is 4.14.